The average Bonchev–Trinajstić information content (AvgIpc) is 3.10. The summed E-state index contributed by atoms with van der Waals surface area (Å²) < 4.78 is 21.9. The Labute approximate surface area is 190 Å². The van der Waals surface area contributed by atoms with Gasteiger partial charge < -0.3 is 19.5 Å². The van der Waals surface area contributed by atoms with Crippen LogP contribution in [-0.4, -0.2) is 39.5 Å². The second kappa shape index (κ2) is 8.33. The first-order valence-corrected chi connectivity index (χ1v) is 10.5. The largest absolute Gasteiger partial charge is 0.507 e. The molecule has 2 N–H and O–H groups in total. The molecule has 0 atom stereocenters. The highest BCUT2D eigenvalue weighted by molar-refractivity contribution is 6.04. The number of phenolic OH excluding ortho intramolecular Hbond substituents is 1. The monoisotopic (exact) mass is 448 g/mol. The Bertz CT molecular complexity index is 1360. The molecule has 2 heterocycles. The van der Waals surface area contributed by atoms with E-state index in [0.717, 1.165) is 23.0 Å². The van der Waals surface area contributed by atoms with E-state index in [9.17, 15) is 19.4 Å². The lowest BCUT2D eigenvalue weighted by molar-refractivity contribution is 0.0697. The fourth-order valence-corrected chi connectivity index (χ4v) is 4.42. The third-order valence-electron chi connectivity index (χ3n) is 5.70. The molecule has 0 saturated heterocycles. The number of carboxylic acids is 1. The van der Waals surface area contributed by atoms with Crippen LogP contribution in [0.25, 0.3) is 27.7 Å². The first kappa shape index (κ1) is 22.5. The molecule has 0 aliphatic rings. The van der Waals surface area contributed by atoms with Gasteiger partial charge in [-0.15, -0.1) is 0 Å². The molecule has 4 rings (SSSR count). The van der Waals surface area contributed by atoms with E-state index in [1.54, 1.807) is 31.6 Å². The second-order valence-electron chi connectivity index (χ2n) is 8.80. The Morgan fingerprint density at radius 1 is 1.15 bits per heavy atom. The van der Waals surface area contributed by atoms with Crippen molar-refractivity contribution in [3.8, 4) is 22.6 Å². The number of aromatic nitrogens is 2. The molecule has 0 aliphatic carbocycles. The Kier molecular flexibility index (Phi) is 5.68. The van der Waals surface area contributed by atoms with Gasteiger partial charge in [0.1, 0.15) is 11.6 Å². The van der Waals surface area contributed by atoms with E-state index in [-0.39, 0.29) is 11.3 Å². The van der Waals surface area contributed by atoms with Crippen molar-refractivity contribution >= 4 is 16.9 Å². The summed E-state index contributed by atoms with van der Waals surface area (Å²) in [4.78, 5) is 15.7. The Morgan fingerprint density at radius 3 is 2.45 bits per heavy atom. The Hall–Kier alpha value is -3.71. The lowest BCUT2D eigenvalue weighted by Crippen LogP contribution is -2.27. The topological polar surface area (TPSA) is 84.6 Å². The van der Waals surface area contributed by atoms with E-state index >= 15 is 0 Å². The smallest absolute Gasteiger partial charge is 0.335 e. The third-order valence-corrected chi connectivity index (χ3v) is 5.70. The number of hydrogen-bond donors (Lipinski definition) is 2. The number of aromatic hydroxyl groups is 1. The summed E-state index contributed by atoms with van der Waals surface area (Å²) in [6, 6.07) is 10.9. The van der Waals surface area contributed by atoms with Gasteiger partial charge in [0.05, 0.1) is 35.0 Å². The first-order valence-electron chi connectivity index (χ1n) is 10.5. The number of phenols is 1. The fraction of sp³-hybridized carbons (Fsp3) is 0.231. The van der Waals surface area contributed by atoms with Gasteiger partial charge >= 0.3 is 5.97 Å². The number of benzene rings is 2. The Balaban J connectivity index is 2.19. The molecular formula is C26H25FN2O4. The van der Waals surface area contributed by atoms with Crippen molar-refractivity contribution in [1.82, 2.24) is 9.55 Å². The van der Waals surface area contributed by atoms with Gasteiger partial charge in [0.25, 0.3) is 0 Å². The number of pyridine rings is 1. The molecule has 7 heteroatoms. The summed E-state index contributed by atoms with van der Waals surface area (Å²) in [6.45, 7) is 6.29. The number of methoxy groups -OCH3 is 1. The molecule has 4 aromatic rings. The molecule has 0 radical (unpaired) electrons. The standard InChI is InChI=1S/C26H25FN2O4/c1-15-9-19(13-28-12-15)29-20-10-18(27)11-21(30)23(20)22(24(29)26(2,3)14-33-4)16-5-7-17(8-6-16)25(31)32/h5-13,30H,14H2,1-4H3,(H,31,32). The van der Waals surface area contributed by atoms with E-state index < -0.39 is 17.2 Å². The highest BCUT2D eigenvalue weighted by atomic mass is 19.1. The molecule has 0 bridgehead atoms. The van der Waals surface area contributed by atoms with Crippen molar-refractivity contribution in [2.24, 2.45) is 0 Å². The number of nitrogens with zero attached hydrogens (tertiary/aromatic N) is 2. The molecular weight excluding hydrogens is 423 g/mol. The lowest BCUT2D eigenvalue weighted by Gasteiger charge is -2.28. The maximum Gasteiger partial charge on any atom is 0.335 e. The molecule has 33 heavy (non-hydrogen) atoms. The predicted octanol–water partition coefficient (Wildman–Crippen LogP) is 5.47. The maximum atomic E-state index is 14.5. The number of aromatic carboxylic acids is 1. The van der Waals surface area contributed by atoms with E-state index in [1.165, 1.54) is 18.2 Å². The van der Waals surface area contributed by atoms with Crippen LogP contribution in [0.5, 0.6) is 5.75 Å². The molecule has 170 valence electrons. The van der Waals surface area contributed by atoms with Crippen LogP contribution >= 0.6 is 0 Å². The molecule has 0 fully saturated rings. The molecule has 2 aromatic heterocycles. The number of carbonyl (C=O) groups is 1. The van der Waals surface area contributed by atoms with Gasteiger partial charge in [-0.2, -0.15) is 0 Å². The van der Waals surface area contributed by atoms with Gasteiger partial charge in [0.15, 0.2) is 0 Å². The number of ether oxygens (including phenoxy) is 1. The van der Waals surface area contributed by atoms with E-state index in [1.807, 2.05) is 31.4 Å². The SMILES string of the molecule is COCC(C)(C)c1c(-c2ccc(C(=O)O)cc2)c2c(O)cc(F)cc2n1-c1cncc(C)c1. The number of aryl methyl sites for hydroxylation is 1. The van der Waals surface area contributed by atoms with Gasteiger partial charge in [-0.3, -0.25) is 4.98 Å². The molecule has 0 spiro atoms. The molecule has 6 nitrogen and oxygen atoms in total. The predicted molar refractivity (Wildman–Crippen MR) is 125 cm³/mol. The number of carboxylic acid groups (broad SMARTS) is 1. The van der Waals surface area contributed by atoms with Crippen molar-refractivity contribution in [2.45, 2.75) is 26.2 Å². The summed E-state index contributed by atoms with van der Waals surface area (Å²) in [6.07, 6.45) is 3.43. The van der Waals surface area contributed by atoms with Gasteiger partial charge in [-0.05, 0) is 42.3 Å². The summed E-state index contributed by atoms with van der Waals surface area (Å²) in [7, 11) is 1.61. The zero-order valence-corrected chi connectivity index (χ0v) is 18.9. The van der Waals surface area contributed by atoms with Gasteiger partial charge in [0, 0.05) is 36.0 Å². The van der Waals surface area contributed by atoms with Crippen molar-refractivity contribution in [3.05, 3.63) is 77.5 Å². The minimum Gasteiger partial charge on any atom is -0.507 e. The van der Waals surface area contributed by atoms with E-state index in [0.29, 0.717) is 28.6 Å². The van der Waals surface area contributed by atoms with Crippen LogP contribution < -0.4 is 0 Å². The highest BCUT2D eigenvalue weighted by Gasteiger charge is 2.33. The zero-order valence-electron chi connectivity index (χ0n) is 18.9. The number of halogens is 1. The zero-order chi connectivity index (χ0) is 23.9. The van der Waals surface area contributed by atoms with Crippen LogP contribution in [0, 0.1) is 12.7 Å². The maximum absolute atomic E-state index is 14.5. The Morgan fingerprint density at radius 2 is 1.85 bits per heavy atom. The molecule has 2 aromatic carbocycles. The molecule has 0 amide bonds. The number of fused-ring (bicyclic) bond motifs is 1. The van der Waals surface area contributed by atoms with Gasteiger partial charge in [0.2, 0.25) is 0 Å². The third kappa shape index (κ3) is 3.96. The molecule has 0 unspecified atom stereocenters. The van der Waals surface area contributed by atoms with Crippen LogP contribution in [0.4, 0.5) is 4.39 Å². The van der Waals surface area contributed by atoms with Crippen LogP contribution in [0.2, 0.25) is 0 Å². The van der Waals surface area contributed by atoms with Crippen molar-refractivity contribution < 1.29 is 24.1 Å². The normalized spacial score (nSPS) is 11.8. The summed E-state index contributed by atoms with van der Waals surface area (Å²) in [5, 5.41) is 20.7. The van der Waals surface area contributed by atoms with Crippen molar-refractivity contribution in [3.63, 3.8) is 0 Å². The van der Waals surface area contributed by atoms with E-state index in [4.69, 9.17) is 4.74 Å². The van der Waals surface area contributed by atoms with Crippen LogP contribution in [0.1, 0.15) is 35.5 Å². The van der Waals surface area contributed by atoms with Gasteiger partial charge in [-0.25, -0.2) is 9.18 Å². The lowest BCUT2D eigenvalue weighted by atomic mass is 9.84. The van der Waals surface area contributed by atoms with Gasteiger partial charge in [-0.1, -0.05) is 26.0 Å². The number of hydrogen-bond acceptors (Lipinski definition) is 4. The molecule has 0 saturated carbocycles. The second-order valence-corrected chi connectivity index (χ2v) is 8.80. The molecule has 0 aliphatic heterocycles. The van der Waals surface area contributed by atoms with Crippen molar-refractivity contribution in [1.29, 1.82) is 0 Å². The summed E-state index contributed by atoms with van der Waals surface area (Å²) >= 11 is 0. The van der Waals surface area contributed by atoms with Crippen LogP contribution in [-0.2, 0) is 10.2 Å². The van der Waals surface area contributed by atoms with E-state index in [2.05, 4.69) is 4.98 Å². The quantitative estimate of drug-likeness (QED) is 0.409. The first-order chi connectivity index (χ1) is 15.6. The fourth-order valence-electron chi connectivity index (χ4n) is 4.42. The number of rotatable bonds is 6. The average molecular weight is 448 g/mol. The van der Waals surface area contributed by atoms with Crippen molar-refractivity contribution in [2.75, 3.05) is 13.7 Å². The minimum atomic E-state index is -1.03. The highest BCUT2D eigenvalue weighted by Crippen LogP contribution is 2.46. The summed E-state index contributed by atoms with van der Waals surface area (Å²) in [5.74, 6) is -1.79. The van der Waals surface area contributed by atoms with Crippen LogP contribution in [0.15, 0.2) is 54.9 Å². The minimum absolute atomic E-state index is 0.151. The van der Waals surface area contributed by atoms with Crippen LogP contribution in [0.3, 0.4) is 0 Å². The summed E-state index contributed by atoms with van der Waals surface area (Å²) in [5.41, 5.74) is 3.88.